The van der Waals surface area contributed by atoms with Crippen molar-refractivity contribution in [3.63, 3.8) is 0 Å². The number of aromatic nitrogens is 1. The van der Waals surface area contributed by atoms with E-state index in [9.17, 15) is 4.79 Å². The van der Waals surface area contributed by atoms with E-state index in [4.69, 9.17) is 0 Å². The van der Waals surface area contributed by atoms with Gasteiger partial charge in [-0.05, 0) is 31.0 Å². The Morgan fingerprint density at radius 2 is 1.86 bits per heavy atom. The lowest BCUT2D eigenvalue weighted by molar-refractivity contribution is -0.132. The molecule has 2 aromatic rings. The molecular formula is C18H23N3O. The van der Waals surface area contributed by atoms with E-state index in [0.717, 1.165) is 11.1 Å². The highest BCUT2D eigenvalue weighted by molar-refractivity contribution is 5.78. The standard InChI is InChI=1S/C18H23N3O/c1-15(2)21(14-16-7-4-3-5-8-16)18(22)13-20-12-17-9-6-10-19-11-17/h3-11,15,20H,12-14H2,1-2H3. The quantitative estimate of drug-likeness (QED) is 0.854. The van der Waals surface area contributed by atoms with Gasteiger partial charge in [-0.2, -0.15) is 0 Å². The molecule has 0 radical (unpaired) electrons. The highest BCUT2D eigenvalue weighted by atomic mass is 16.2. The van der Waals surface area contributed by atoms with Crippen molar-refractivity contribution in [2.75, 3.05) is 6.54 Å². The third-order valence-electron chi connectivity index (χ3n) is 3.47. The molecule has 0 spiro atoms. The second-order valence-electron chi connectivity index (χ2n) is 5.57. The first-order valence-corrected chi connectivity index (χ1v) is 7.60. The Kier molecular flexibility index (Phi) is 6.10. The number of amides is 1. The Morgan fingerprint density at radius 3 is 2.50 bits per heavy atom. The summed E-state index contributed by atoms with van der Waals surface area (Å²) in [6.07, 6.45) is 3.55. The van der Waals surface area contributed by atoms with Gasteiger partial charge in [-0.15, -0.1) is 0 Å². The lowest BCUT2D eigenvalue weighted by Gasteiger charge is -2.27. The third kappa shape index (κ3) is 4.97. The summed E-state index contributed by atoms with van der Waals surface area (Å²) in [4.78, 5) is 18.4. The van der Waals surface area contributed by atoms with E-state index in [-0.39, 0.29) is 11.9 Å². The van der Waals surface area contributed by atoms with Crippen molar-refractivity contribution in [3.05, 3.63) is 66.0 Å². The van der Waals surface area contributed by atoms with Gasteiger partial charge in [0, 0.05) is 31.5 Å². The van der Waals surface area contributed by atoms with Crippen LogP contribution in [0.3, 0.4) is 0 Å². The molecule has 1 amide bonds. The molecule has 0 saturated heterocycles. The number of hydrogen-bond donors (Lipinski definition) is 1. The van der Waals surface area contributed by atoms with Gasteiger partial charge in [0.15, 0.2) is 0 Å². The predicted octanol–water partition coefficient (Wildman–Crippen LogP) is 2.61. The van der Waals surface area contributed by atoms with Gasteiger partial charge in [0.25, 0.3) is 0 Å². The molecule has 1 aromatic heterocycles. The molecule has 22 heavy (non-hydrogen) atoms. The van der Waals surface area contributed by atoms with Crippen LogP contribution in [0.5, 0.6) is 0 Å². The molecule has 0 bridgehead atoms. The van der Waals surface area contributed by atoms with E-state index in [1.54, 1.807) is 6.20 Å². The first-order valence-electron chi connectivity index (χ1n) is 7.60. The van der Waals surface area contributed by atoms with Crippen molar-refractivity contribution in [1.82, 2.24) is 15.2 Å². The summed E-state index contributed by atoms with van der Waals surface area (Å²) in [6, 6.07) is 14.1. The third-order valence-corrected chi connectivity index (χ3v) is 3.47. The average molecular weight is 297 g/mol. The highest BCUT2D eigenvalue weighted by Gasteiger charge is 2.16. The van der Waals surface area contributed by atoms with Crippen molar-refractivity contribution in [3.8, 4) is 0 Å². The molecule has 0 unspecified atom stereocenters. The minimum atomic E-state index is 0.114. The molecule has 1 heterocycles. The lowest BCUT2D eigenvalue weighted by atomic mass is 10.2. The van der Waals surface area contributed by atoms with Gasteiger partial charge in [-0.25, -0.2) is 0 Å². The largest absolute Gasteiger partial charge is 0.335 e. The first kappa shape index (κ1) is 16.2. The number of benzene rings is 1. The molecule has 4 heteroatoms. The Bertz CT molecular complexity index is 569. The SMILES string of the molecule is CC(C)N(Cc1ccccc1)C(=O)CNCc1cccnc1. The van der Waals surface area contributed by atoms with Crippen LogP contribution in [-0.4, -0.2) is 28.4 Å². The summed E-state index contributed by atoms with van der Waals surface area (Å²) < 4.78 is 0. The van der Waals surface area contributed by atoms with Gasteiger partial charge < -0.3 is 10.2 Å². The van der Waals surface area contributed by atoms with Gasteiger partial charge in [0.05, 0.1) is 6.54 Å². The number of hydrogen-bond acceptors (Lipinski definition) is 3. The fourth-order valence-corrected chi connectivity index (χ4v) is 2.26. The fourth-order valence-electron chi connectivity index (χ4n) is 2.26. The summed E-state index contributed by atoms with van der Waals surface area (Å²) in [6.45, 7) is 5.71. The maximum absolute atomic E-state index is 12.4. The van der Waals surface area contributed by atoms with Crippen molar-refractivity contribution in [2.24, 2.45) is 0 Å². The molecule has 0 aliphatic heterocycles. The topological polar surface area (TPSA) is 45.2 Å². The lowest BCUT2D eigenvalue weighted by Crippen LogP contribution is -2.41. The molecule has 0 fully saturated rings. The van der Waals surface area contributed by atoms with E-state index < -0.39 is 0 Å². The normalized spacial score (nSPS) is 10.7. The monoisotopic (exact) mass is 297 g/mol. The van der Waals surface area contributed by atoms with Gasteiger partial charge in [0.2, 0.25) is 5.91 Å². The summed E-state index contributed by atoms with van der Waals surface area (Å²) in [5.74, 6) is 0.114. The molecule has 2 rings (SSSR count). The molecule has 116 valence electrons. The van der Waals surface area contributed by atoms with Crippen LogP contribution in [0.4, 0.5) is 0 Å². The number of rotatable bonds is 7. The summed E-state index contributed by atoms with van der Waals surface area (Å²) in [5.41, 5.74) is 2.23. The number of carbonyl (C=O) groups excluding carboxylic acids is 1. The fraction of sp³-hybridized carbons (Fsp3) is 0.333. The molecule has 0 aliphatic rings. The Hall–Kier alpha value is -2.20. The van der Waals surface area contributed by atoms with E-state index in [1.807, 2.05) is 67.4 Å². The molecular weight excluding hydrogens is 274 g/mol. The molecule has 1 aromatic carbocycles. The molecule has 0 atom stereocenters. The number of carbonyl (C=O) groups is 1. The zero-order valence-corrected chi connectivity index (χ0v) is 13.2. The minimum absolute atomic E-state index is 0.114. The Labute approximate surface area is 132 Å². The summed E-state index contributed by atoms with van der Waals surface area (Å²) in [5, 5.41) is 3.19. The van der Waals surface area contributed by atoms with Crippen molar-refractivity contribution in [2.45, 2.75) is 33.0 Å². The molecule has 0 saturated carbocycles. The smallest absolute Gasteiger partial charge is 0.237 e. The maximum atomic E-state index is 12.4. The van der Waals surface area contributed by atoms with Crippen LogP contribution in [0.25, 0.3) is 0 Å². The second-order valence-corrected chi connectivity index (χ2v) is 5.57. The maximum Gasteiger partial charge on any atom is 0.237 e. The second kappa shape index (κ2) is 8.29. The number of pyridine rings is 1. The van der Waals surface area contributed by atoms with Crippen molar-refractivity contribution >= 4 is 5.91 Å². The Morgan fingerprint density at radius 1 is 1.14 bits per heavy atom. The van der Waals surface area contributed by atoms with Crippen LogP contribution in [0.15, 0.2) is 54.9 Å². The zero-order chi connectivity index (χ0) is 15.8. The van der Waals surface area contributed by atoms with Crippen LogP contribution in [0.1, 0.15) is 25.0 Å². The van der Waals surface area contributed by atoms with Gasteiger partial charge in [-0.3, -0.25) is 9.78 Å². The van der Waals surface area contributed by atoms with Crippen LogP contribution in [-0.2, 0) is 17.9 Å². The van der Waals surface area contributed by atoms with Crippen LogP contribution in [0, 0.1) is 0 Å². The molecule has 1 N–H and O–H groups in total. The average Bonchev–Trinajstić information content (AvgIpc) is 2.54. The highest BCUT2D eigenvalue weighted by Crippen LogP contribution is 2.08. The van der Waals surface area contributed by atoms with E-state index in [0.29, 0.717) is 19.6 Å². The molecule has 4 nitrogen and oxygen atoms in total. The number of nitrogens with zero attached hydrogens (tertiary/aromatic N) is 2. The predicted molar refractivity (Wildman–Crippen MR) is 88.1 cm³/mol. The van der Waals surface area contributed by atoms with Crippen molar-refractivity contribution < 1.29 is 4.79 Å². The van der Waals surface area contributed by atoms with Crippen LogP contribution < -0.4 is 5.32 Å². The van der Waals surface area contributed by atoms with Gasteiger partial charge >= 0.3 is 0 Å². The zero-order valence-electron chi connectivity index (χ0n) is 13.2. The Balaban J connectivity index is 1.87. The van der Waals surface area contributed by atoms with E-state index in [1.165, 1.54) is 0 Å². The van der Waals surface area contributed by atoms with Gasteiger partial charge in [0.1, 0.15) is 0 Å². The van der Waals surface area contributed by atoms with Crippen molar-refractivity contribution in [1.29, 1.82) is 0 Å². The minimum Gasteiger partial charge on any atom is -0.335 e. The summed E-state index contributed by atoms with van der Waals surface area (Å²) in [7, 11) is 0. The van der Waals surface area contributed by atoms with Crippen LogP contribution in [0.2, 0.25) is 0 Å². The summed E-state index contributed by atoms with van der Waals surface area (Å²) >= 11 is 0. The molecule has 0 aliphatic carbocycles. The van der Waals surface area contributed by atoms with Gasteiger partial charge in [-0.1, -0.05) is 36.4 Å². The van der Waals surface area contributed by atoms with Crippen LogP contribution >= 0.6 is 0 Å². The first-order chi connectivity index (χ1) is 10.7. The van der Waals surface area contributed by atoms with E-state index >= 15 is 0 Å². The number of nitrogens with one attached hydrogen (secondary N) is 1. The van der Waals surface area contributed by atoms with E-state index in [2.05, 4.69) is 10.3 Å².